The third-order valence-electron chi connectivity index (χ3n) is 5.54. The van der Waals surface area contributed by atoms with Crippen LogP contribution in [0.15, 0.2) is 48.5 Å². The van der Waals surface area contributed by atoms with Crippen molar-refractivity contribution in [2.45, 2.75) is 84.3 Å². The van der Waals surface area contributed by atoms with Crippen molar-refractivity contribution in [3.63, 3.8) is 0 Å². The predicted octanol–water partition coefficient (Wildman–Crippen LogP) is 7.36. The second-order valence-electron chi connectivity index (χ2n) is 8.36. The van der Waals surface area contributed by atoms with Crippen molar-refractivity contribution in [3.05, 3.63) is 54.1 Å². The maximum absolute atomic E-state index is 11.0. The minimum Gasteiger partial charge on any atom is -0.491 e. The molecule has 0 aliphatic rings. The van der Waals surface area contributed by atoms with E-state index >= 15 is 0 Å². The molecule has 2 aromatic carbocycles. The SMILES string of the molecule is CCCCCCCCO[C@@H](C)CC[C@@H](C)Oc1ccc(-c2ccc(C(=O)O)cc2)cc1. The van der Waals surface area contributed by atoms with Crippen molar-refractivity contribution in [2.75, 3.05) is 6.61 Å². The molecule has 2 atom stereocenters. The third kappa shape index (κ3) is 9.56. The van der Waals surface area contributed by atoms with Gasteiger partial charge in [0.25, 0.3) is 0 Å². The van der Waals surface area contributed by atoms with E-state index in [9.17, 15) is 4.79 Å². The summed E-state index contributed by atoms with van der Waals surface area (Å²) in [6.45, 7) is 7.35. The Morgan fingerprint density at radius 2 is 1.35 bits per heavy atom. The first kappa shape index (κ1) is 24.9. The van der Waals surface area contributed by atoms with Crippen LogP contribution in [0.1, 0.15) is 82.5 Å². The molecule has 2 aromatic rings. The lowest BCUT2D eigenvalue weighted by Crippen LogP contribution is -2.17. The Bertz CT molecular complexity index is 752. The van der Waals surface area contributed by atoms with Crippen LogP contribution in [0.2, 0.25) is 0 Å². The Balaban J connectivity index is 1.67. The number of unbranched alkanes of at least 4 members (excludes halogenated alkanes) is 5. The first-order chi connectivity index (χ1) is 15.0. The summed E-state index contributed by atoms with van der Waals surface area (Å²) in [7, 11) is 0. The van der Waals surface area contributed by atoms with Gasteiger partial charge in [0.05, 0.1) is 17.8 Å². The molecular formula is C27H38O4. The molecule has 0 heterocycles. The van der Waals surface area contributed by atoms with Crippen molar-refractivity contribution in [1.82, 2.24) is 0 Å². The Hall–Kier alpha value is -2.33. The molecule has 2 rings (SSSR count). The van der Waals surface area contributed by atoms with Gasteiger partial charge in [-0.1, -0.05) is 63.3 Å². The van der Waals surface area contributed by atoms with Gasteiger partial charge < -0.3 is 14.6 Å². The monoisotopic (exact) mass is 426 g/mol. The van der Waals surface area contributed by atoms with Crippen molar-refractivity contribution in [1.29, 1.82) is 0 Å². The molecule has 0 saturated carbocycles. The predicted molar refractivity (Wildman–Crippen MR) is 127 cm³/mol. The van der Waals surface area contributed by atoms with Gasteiger partial charge in [0.15, 0.2) is 0 Å². The van der Waals surface area contributed by atoms with E-state index in [4.69, 9.17) is 14.6 Å². The lowest BCUT2D eigenvalue weighted by Gasteiger charge is -2.18. The summed E-state index contributed by atoms with van der Waals surface area (Å²) in [5, 5.41) is 9.01. The van der Waals surface area contributed by atoms with Crippen LogP contribution < -0.4 is 4.74 Å². The quantitative estimate of drug-likeness (QED) is 0.302. The fraction of sp³-hybridized carbons (Fsp3) is 0.519. The van der Waals surface area contributed by atoms with Crippen LogP contribution in [0.25, 0.3) is 11.1 Å². The summed E-state index contributed by atoms with van der Waals surface area (Å²) < 4.78 is 12.0. The number of benzene rings is 2. The van der Waals surface area contributed by atoms with Crippen LogP contribution in [0.4, 0.5) is 0 Å². The van der Waals surface area contributed by atoms with Gasteiger partial charge in [0, 0.05) is 6.61 Å². The average molecular weight is 427 g/mol. The van der Waals surface area contributed by atoms with E-state index in [0.29, 0.717) is 5.56 Å². The highest BCUT2D eigenvalue weighted by atomic mass is 16.5. The second-order valence-corrected chi connectivity index (χ2v) is 8.36. The summed E-state index contributed by atoms with van der Waals surface area (Å²) in [5.74, 6) is -0.0644. The molecule has 170 valence electrons. The number of carboxylic acid groups (broad SMARTS) is 1. The van der Waals surface area contributed by atoms with E-state index < -0.39 is 5.97 Å². The summed E-state index contributed by atoms with van der Waals surface area (Å²) in [4.78, 5) is 11.0. The van der Waals surface area contributed by atoms with Gasteiger partial charge in [0.1, 0.15) is 5.75 Å². The molecule has 0 aliphatic carbocycles. The smallest absolute Gasteiger partial charge is 0.335 e. The average Bonchev–Trinajstić information content (AvgIpc) is 2.77. The van der Waals surface area contributed by atoms with Crippen LogP contribution >= 0.6 is 0 Å². The highest BCUT2D eigenvalue weighted by Gasteiger charge is 2.09. The molecular weight excluding hydrogens is 388 g/mol. The van der Waals surface area contributed by atoms with E-state index in [1.807, 2.05) is 36.4 Å². The fourth-order valence-corrected chi connectivity index (χ4v) is 3.54. The minimum absolute atomic E-state index is 0.126. The molecule has 1 N–H and O–H groups in total. The van der Waals surface area contributed by atoms with Crippen LogP contribution in [-0.4, -0.2) is 29.9 Å². The first-order valence-corrected chi connectivity index (χ1v) is 11.7. The van der Waals surface area contributed by atoms with Gasteiger partial charge in [0.2, 0.25) is 0 Å². The zero-order valence-electron chi connectivity index (χ0n) is 19.3. The van der Waals surface area contributed by atoms with Crippen LogP contribution in [0.5, 0.6) is 5.75 Å². The molecule has 0 spiro atoms. The van der Waals surface area contributed by atoms with E-state index in [0.717, 1.165) is 42.7 Å². The van der Waals surface area contributed by atoms with Crippen LogP contribution in [0.3, 0.4) is 0 Å². The molecule has 0 unspecified atom stereocenters. The third-order valence-corrected chi connectivity index (χ3v) is 5.54. The van der Waals surface area contributed by atoms with Crippen molar-refractivity contribution in [2.24, 2.45) is 0 Å². The fourth-order valence-electron chi connectivity index (χ4n) is 3.54. The van der Waals surface area contributed by atoms with Crippen molar-refractivity contribution >= 4 is 5.97 Å². The van der Waals surface area contributed by atoms with E-state index in [1.54, 1.807) is 12.1 Å². The molecule has 0 bridgehead atoms. The van der Waals surface area contributed by atoms with Gasteiger partial charge in [-0.15, -0.1) is 0 Å². The van der Waals surface area contributed by atoms with Crippen molar-refractivity contribution < 1.29 is 19.4 Å². The minimum atomic E-state index is -0.911. The molecule has 31 heavy (non-hydrogen) atoms. The lowest BCUT2D eigenvalue weighted by molar-refractivity contribution is 0.0483. The van der Waals surface area contributed by atoms with Gasteiger partial charge in [-0.3, -0.25) is 0 Å². The van der Waals surface area contributed by atoms with Crippen LogP contribution in [0, 0.1) is 0 Å². The molecule has 4 nitrogen and oxygen atoms in total. The molecule has 0 aromatic heterocycles. The second kappa shape index (κ2) is 13.9. The molecule has 0 radical (unpaired) electrons. The molecule has 0 fully saturated rings. The molecule has 0 saturated heterocycles. The number of hydrogen-bond donors (Lipinski definition) is 1. The van der Waals surface area contributed by atoms with E-state index in [1.165, 1.54) is 32.1 Å². The summed E-state index contributed by atoms with van der Waals surface area (Å²) in [6.07, 6.45) is 10.1. The Kier molecular flexibility index (Phi) is 11.2. The number of ether oxygens (including phenoxy) is 2. The molecule has 0 amide bonds. The number of rotatable bonds is 15. The Morgan fingerprint density at radius 1 is 0.806 bits per heavy atom. The van der Waals surface area contributed by atoms with E-state index in [2.05, 4.69) is 20.8 Å². The molecule has 4 heteroatoms. The normalized spacial score (nSPS) is 13.0. The Labute approximate surface area is 187 Å². The summed E-state index contributed by atoms with van der Waals surface area (Å²) in [6, 6.07) is 14.8. The maximum atomic E-state index is 11.0. The highest BCUT2D eigenvalue weighted by molar-refractivity contribution is 5.88. The van der Waals surface area contributed by atoms with Crippen LogP contribution in [-0.2, 0) is 4.74 Å². The highest BCUT2D eigenvalue weighted by Crippen LogP contribution is 2.24. The topological polar surface area (TPSA) is 55.8 Å². The number of carbonyl (C=O) groups is 1. The summed E-state index contributed by atoms with van der Waals surface area (Å²) in [5.41, 5.74) is 2.32. The number of aromatic carboxylic acids is 1. The maximum Gasteiger partial charge on any atom is 0.335 e. The van der Waals surface area contributed by atoms with Gasteiger partial charge in [-0.05, 0) is 68.5 Å². The molecule has 0 aliphatic heterocycles. The zero-order valence-corrected chi connectivity index (χ0v) is 19.3. The van der Waals surface area contributed by atoms with Gasteiger partial charge >= 0.3 is 5.97 Å². The zero-order chi connectivity index (χ0) is 22.5. The largest absolute Gasteiger partial charge is 0.491 e. The first-order valence-electron chi connectivity index (χ1n) is 11.7. The van der Waals surface area contributed by atoms with Crippen molar-refractivity contribution in [3.8, 4) is 16.9 Å². The summed E-state index contributed by atoms with van der Waals surface area (Å²) >= 11 is 0. The standard InChI is InChI=1S/C27H38O4/c1-4-5-6-7-8-9-20-30-21(2)10-11-22(3)31-26-18-16-24(17-19-26)23-12-14-25(15-13-23)27(28)29/h12-19,21-22H,4-11,20H2,1-3H3,(H,28,29)/t21-,22+/m0/s1. The lowest BCUT2D eigenvalue weighted by atomic mass is 10.0. The van der Waals surface area contributed by atoms with E-state index in [-0.39, 0.29) is 12.2 Å². The number of carboxylic acids is 1. The number of hydrogen-bond acceptors (Lipinski definition) is 3. The van der Waals surface area contributed by atoms with Gasteiger partial charge in [-0.25, -0.2) is 4.79 Å². The Morgan fingerprint density at radius 3 is 1.97 bits per heavy atom. The van der Waals surface area contributed by atoms with Gasteiger partial charge in [-0.2, -0.15) is 0 Å².